The monoisotopic (exact) mass is 229 g/mol. The molecule has 1 heterocycles. The SMILES string of the molecule is CCOC(=O)C(C)NC(=O)C1COC(C)C1. The van der Waals surface area contributed by atoms with Gasteiger partial charge in [-0.1, -0.05) is 0 Å². The van der Waals surface area contributed by atoms with Crippen LogP contribution in [0.25, 0.3) is 0 Å². The minimum absolute atomic E-state index is 0.119. The van der Waals surface area contributed by atoms with Gasteiger partial charge in [-0.3, -0.25) is 4.79 Å². The van der Waals surface area contributed by atoms with Crippen molar-refractivity contribution in [1.29, 1.82) is 0 Å². The molecule has 1 saturated heterocycles. The van der Waals surface area contributed by atoms with Crippen LogP contribution in [0.1, 0.15) is 27.2 Å². The van der Waals surface area contributed by atoms with E-state index < -0.39 is 12.0 Å². The van der Waals surface area contributed by atoms with Crippen LogP contribution in [0.3, 0.4) is 0 Å². The van der Waals surface area contributed by atoms with Crippen LogP contribution in [0.15, 0.2) is 0 Å². The third-order valence-corrected chi connectivity index (χ3v) is 2.57. The number of amides is 1. The number of hydrogen-bond donors (Lipinski definition) is 1. The van der Waals surface area contributed by atoms with Gasteiger partial charge in [0.25, 0.3) is 0 Å². The molecule has 1 amide bonds. The first-order valence-electron chi connectivity index (χ1n) is 5.63. The molecule has 0 aliphatic carbocycles. The Balaban J connectivity index is 2.36. The van der Waals surface area contributed by atoms with E-state index in [9.17, 15) is 9.59 Å². The van der Waals surface area contributed by atoms with Gasteiger partial charge in [-0.25, -0.2) is 4.79 Å². The van der Waals surface area contributed by atoms with Crippen LogP contribution in [0.5, 0.6) is 0 Å². The predicted octanol–water partition coefficient (Wildman–Crippen LogP) is 0.479. The zero-order valence-corrected chi connectivity index (χ0v) is 9.99. The molecule has 5 nitrogen and oxygen atoms in total. The van der Waals surface area contributed by atoms with Gasteiger partial charge in [-0.15, -0.1) is 0 Å². The van der Waals surface area contributed by atoms with Gasteiger partial charge < -0.3 is 14.8 Å². The summed E-state index contributed by atoms with van der Waals surface area (Å²) >= 11 is 0. The Morgan fingerprint density at radius 2 is 2.25 bits per heavy atom. The van der Waals surface area contributed by atoms with E-state index in [0.717, 1.165) is 0 Å². The van der Waals surface area contributed by atoms with E-state index in [-0.39, 0.29) is 17.9 Å². The van der Waals surface area contributed by atoms with Crippen molar-refractivity contribution in [2.45, 2.75) is 39.3 Å². The van der Waals surface area contributed by atoms with Crippen molar-refractivity contribution in [3.63, 3.8) is 0 Å². The summed E-state index contributed by atoms with van der Waals surface area (Å²) in [6, 6.07) is -0.594. The largest absolute Gasteiger partial charge is 0.464 e. The predicted molar refractivity (Wildman–Crippen MR) is 57.8 cm³/mol. The van der Waals surface area contributed by atoms with Crippen LogP contribution in [0, 0.1) is 5.92 Å². The summed E-state index contributed by atoms with van der Waals surface area (Å²) in [4.78, 5) is 23.0. The summed E-state index contributed by atoms with van der Waals surface area (Å²) < 4.78 is 10.1. The maximum Gasteiger partial charge on any atom is 0.328 e. The van der Waals surface area contributed by atoms with Crippen molar-refractivity contribution >= 4 is 11.9 Å². The van der Waals surface area contributed by atoms with Crippen molar-refractivity contribution < 1.29 is 19.1 Å². The van der Waals surface area contributed by atoms with E-state index in [1.807, 2.05) is 6.92 Å². The van der Waals surface area contributed by atoms with Gasteiger partial charge in [0.15, 0.2) is 0 Å². The van der Waals surface area contributed by atoms with E-state index in [1.54, 1.807) is 13.8 Å². The third kappa shape index (κ3) is 3.48. The number of nitrogens with one attached hydrogen (secondary N) is 1. The van der Waals surface area contributed by atoms with Crippen LogP contribution in [-0.4, -0.2) is 37.2 Å². The normalized spacial score (nSPS) is 26.2. The molecule has 0 saturated carbocycles. The zero-order chi connectivity index (χ0) is 12.1. The van der Waals surface area contributed by atoms with Crippen molar-refractivity contribution in [1.82, 2.24) is 5.32 Å². The molecule has 1 rings (SSSR count). The number of hydrogen-bond acceptors (Lipinski definition) is 4. The number of esters is 1. The highest BCUT2D eigenvalue weighted by Gasteiger charge is 2.30. The summed E-state index contributed by atoms with van der Waals surface area (Å²) in [5, 5.41) is 2.63. The fourth-order valence-electron chi connectivity index (χ4n) is 1.66. The summed E-state index contributed by atoms with van der Waals surface area (Å²) in [5.41, 5.74) is 0. The molecule has 3 atom stereocenters. The van der Waals surface area contributed by atoms with Gasteiger partial charge in [0, 0.05) is 0 Å². The lowest BCUT2D eigenvalue weighted by Gasteiger charge is -2.14. The Morgan fingerprint density at radius 1 is 1.56 bits per heavy atom. The van der Waals surface area contributed by atoms with Gasteiger partial charge in [0.2, 0.25) is 5.91 Å². The molecule has 0 radical (unpaired) electrons. The molecule has 92 valence electrons. The van der Waals surface area contributed by atoms with Crippen molar-refractivity contribution in [3.05, 3.63) is 0 Å². The van der Waals surface area contributed by atoms with Crippen LogP contribution in [0.4, 0.5) is 0 Å². The molecular weight excluding hydrogens is 210 g/mol. The first-order chi connectivity index (χ1) is 7.54. The zero-order valence-electron chi connectivity index (χ0n) is 9.99. The second-order valence-corrected chi connectivity index (χ2v) is 4.06. The average Bonchev–Trinajstić information content (AvgIpc) is 2.65. The van der Waals surface area contributed by atoms with Gasteiger partial charge >= 0.3 is 5.97 Å². The Labute approximate surface area is 95.5 Å². The first-order valence-corrected chi connectivity index (χ1v) is 5.63. The Morgan fingerprint density at radius 3 is 2.75 bits per heavy atom. The molecular formula is C11H19NO4. The molecule has 1 aliphatic rings. The summed E-state index contributed by atoms with van der Waals surface area (Å²) in [7, 11) is 0. The van der Waals surface area contributed by atoms with E-state index >= 15 is 0 Å². The summed E-state index contributed by atoms with van der Waals surface area (Å²) in [5.74, 6) is -0.681. The molecule has 16 heavy (non-hydrogen) atoms. The van der Waals surface area contributed by atoms with Crippen LogP contribution < -0.4 is 5.32 Å². The maximum absolute atomic E-state index is 11.7. The lowest BCUT2D eigenvalue weighted by atomic mass is 10.1. The van der Waals surface area contributed by atoms with Gasteiger partial charge in [0.1, 0.15) is 6.04 Å². The molecule has 1 aliphatic heterocycles. The molecule has 0 bridgehead atoms. The molecule has 3 unspecified atom stereocenters. The van der Waals surface area contributed by atoms with Gasteiger partial charge in [-0.05, 0) is 27.2 Å². The van der Waals surface area contributed by atoms with Crippen LogP contribution in [0.2, 0.25) is 0 Å². The van der Waals surface area contributed by atoms with Gasteiger partial charge in [0.05, 0.1) is 25.2 Å². The molecule has 0 aromatic rings. The molecule has 5 heteroatoms. The van der Waals surface area contributed by atoms with Crippen LogP contribution >= 0.6 is 0 Å². The van der Waals surface area contributed by atoms with E-state index in [0.29, 0.717) is 19.6 Å². The summed E-state index contributed by atoms with van der Waals surface area (Å²) in [6.07, 6.45) is 0.829. The molecule has 0 spiro atoms. The van der Waals surface area contributed by atoms with Crippen molar-refractivity contribution in [2.75, 3.05) is 13.2 Å². The molecule has 0 aromatic heterocycles. The number of carbonyl (C=O) groups excluding carboxylic acids is 2. The number of carbonyl (C=O) groups is 2. The lowest BCUT2D eigenvalue weighted by molar-refractivity contribution is -0.147. The molecule has 0 aromatic carbocycles. The first kappa shape index (κ1) is 13.0. The fraction of sp³-hybridized carbons (Fsp3) is 0.818. The van der Waals surface area contributed by atoms with Crippen molar-refractivity contribution in [3.8, 4) is 0 Å². The highest BCUT2D eigenvalue weighted by atomic mass is 16.5. The quantitative estimate of drug-likeness (QED) is 0.712. The average molecular weight is 229 g/mol. The smallest absolute Gasteiger partial charge is 0.328 e. The topological polar surface area (TPSA) is 64.6 Å². The summed E-state index contributed by atoms with van der Waals surface area (Å²) in [6.45, 7) is 6.04. The molecule has 1 fully saturated rings. The minimum Gasteiger partial charge on any atom is -0.464 e. The number of ether oxygens (including phenoxy) is 2. The highest BCUT2D eigenvalue weighted by molar-refractivity contribution is 5.85. The van der Waals surface area contributed by atoms with E-state index in [1.165, 1.54) is 0 Å². The van der Waals surface area contributed by atoms with Crippen molar-refractivity contribution in [2.24, 2.45) is 5.92 Å². The van der Waals surface area contributed by atoms with E-state index in [2.05, 4.69) is 5.32 Å². The Kier molecular flexibility index (Phi) is 4.73. The Hall–Kier alpha value is -1.10. The number of rotatable bonds is 4. The third-order valence-electron chi connectivity index (χ3n) is 2.57. The van der Waals surface area contributed by atoms with Gasteiger partial charge in [-0.2, -0.15) is 0 Å². The highest BCUT2D eigenvalue weighted by Crippen LogP contribution is 2.19. The Bertz CT molecular complexity index is 267. The fourth-order valence-corrected chi connectivity index (χ4v) is 1.66. The van der Waals surface area contributed by atoms with E-state index in [4.69, 9.17) is 9.47 Å². The second-order valence-electron chi connectivity index (χ2n) is 4.06. The minimum atomic E-state index is -0.594. The maximum atomic E-state index is 11.7. The standard InChI is InChI=1S/C11H19NO4/c1-4-15-11(14)8(3)12-10(13)9-5-7(2)16-6-9/h7-9H,4-6H2,1-3H3,(H,12,13). The second kappa shape index (κ2) is 5.84. The van der Waals surface area contributed by atoms with Crippen LogP contribution in [-0.2, 0) is 19.1 Å². The molecule has 1 N–H and O–H groups in total. The lowest BCUT2D eigenvalue weighted by Crippen LogP contribution is -2.42.